The van der Waals surface area contributed by atoms with Gasteiger partial charge in [-0.3, -0.25) is 14.9 Å². The number of nitro groups is 1. The number of nitrogens with one attached hydrogen (secondary N) is 1. The highest BCUT2D eigenvalue weighted by Gasteiger charge is 2.25. The lowest BCUT2D eigenvalue weighted by molar-refractivity contribution is -0.384. The monoisotopic (exact) mass is 296 g/mol. The molecule has 9 heteroatoms. The molecule has 1 aromatic rings. The van der Waals surface area contributed by atoms with E-state index in [-0.39, 0.29) is 30.0 Å². The van der Waals surface area contributed by atoms with Crippen LogP contribution in [0.5, 0.6) is 0 Å². The molecule has 1 heterocycles. The molecule has 0 unspecified atom stereocenters. The lowest BCUT2D eigenvalue weighted by Crippen LogP contribution is -2.39. The van der Waals surface area contributed by atoms with E-state index in [1.165, 1.54) is 4.90 Å². The summed E-state index contributed by atoms with van der Waals surface area (Å²) in [4.78, 5) is 31.3. The summed E-state index contributed by atoms with van der Waals surface area (Å²) < 4.78 is 0. The number of nitrogens with zero attached hydrogens (tertiary/aromatic N) is 4. The highest BCUT2D eigenvalue weighted by atomic mass is 16.6. The minimum absolute atomic E-state index is 0.0856. The largest absolute Gasteiger partial charge is 0.368 e. The Balaban J connectivity index is 3.24. The number of primary amides is 1. The number of carbonyl (C=O) groups excluding carboxylic acids is 1. The first kappa shape index (κ1) is 16.6. The van der Waals surface area contributed by atoms with Crippen LogP contribution in [-0.4, -0.2) is 39.9 Å². The van der Waals surface area contributed by atoms with Gasteiger partial charge in [-0.15, -0.1) is 0 Å². The Morgan fingerprint density at radius 2 is 2.24 bits per heavy atom. The Hall–Kier alpha value is -2.45. The molecule has 0 saturated heterocycles. The molecular weight excluding hydrogens is 276 g/mol. The summed E-state index contributed by atoms with van der Waals surface area (Å²) in [6, 6.07) is -0.176. The second-order valence-corrected chi connectivity index (χ2v) is 4.77. The number of hydrogen-bond acceptors (Lipinski definition) is 7. The quantitative estimate of drug-likeness (QED) is 0.539. The first-order chi connectivity index (χ1) is 9.86. The van der Waals surface area contributed by atoms with Crippen LogP contribution in [0.1, 0.15) is 27.2 Å². The van der Waals surface area contributed by atoms with E-state index in [9.17, 15) is 14.9 Å². The zero-order valence-corrected chi connectivity index (χ0v) is 12.4. The molecule has 0 aliphatic carbocycles. The topological polar surface area (TPSA) is 127 Å². The fourth-order valence-electron chi connectivity index (χ4n) is 1.70. The van der Waals surface area contributed by atoms with E-state index in [2.05, 4.69) is 15.3 Å². The van der Waals surface area contributed by atoms with Crippen molar-refractivity contribution < 1.29 is 9.72 Å². The van der Waals surface area contributed by atoms with Gasteiger partial charge in [-0.2, -0.15) is 4.98 Å². The molecule has 0 saturated carbocycles. The molecule has 1 aromatic heterocycles. The molecule has 1 rings (SSSR count). The maximum atomic E-state index is 11.2. The average molecular weight is 296 g/mol. The highest BCUT2D eigenvalue weighted by Crippen LogP contribution is 2.27. The minimum atomic E-state index is -0.584. The smallest absolute Gasteiger partial charge is 0.329 e. The number of hydrogen-bond donors (Lipinski definition) is 2. The number of carbonyl (C=O) groups is 1. The molecule has 0 atom stereocenters. The lowest BCUT2D eigenvalue weighted by Gasteiger charge is -2.26. The van der Waals surface area contributed by atoms with Crippen LogP contribution in [-0.2, 0) is 4.79 Å². The molecule has 0 radical (unpaired) electrons. The first-order valence-corrected chi connectivity index (χ1v) is 6.67. The van der Waals surface area contributed by atoms with Crippen molar-refractivity contribution in [2.45, 2.75) is 33.2 Å². The normalized spacial score (nSPS) is 10.5. The summed E-state index contributed by atoms with van der Waals surface area (Å²) in [7, 11) is 0. The molecule has 0 aromatic carbocycles. The fraction of sp³-hybridized carbons (Fsp3) is 0.583. The summed E-state index contributed by atoms with van der Waals surface area (Å²) in [5.41, 5.74) is 4.95. The number of amides is 1. The second kappa shape index (κ2) is 7.36. The Labute approximate surface area is 122 Å². The lowest BCUT2D eigenvalue weighted by atomic mass is 10.3. The van der Waals surface area contributed by atoms with Gasteiger partial charge in [-0.05, 0) is 20.3 Å². The molecule has 0 spiro atoms. The van der Waals surface area contributed by atoms with Crippen molar-refractivity contribution in [3.8, 4) is 0 Å². The van der Waals surface area contributed by atoms with E-state index in [1.54, 1.807) is 13.8 Å². The second-order valence-electron chi connectivity index (χ2n) is 4.77. The third kappa shape index (κ3) is 4.55. The predicted molar refractivity (Wildman–Crippen MR) is 79.1 cm³/mol. The van der Waals surface area contributed by atoms with Crippen LogP contribution in [0.25, 0.3) is 0 Å². The Kier molecular flexibility index (Phi) is 5.82. The van der Waals surface area contributed by atoms with E-state index < -0.39 is 10.8 Å². The van der Waals surface area contributed by atoms with Crippen LogP contribution >= 0.6 is 0 Å². The standard InChI is InChI=1S/C12H20N6O3/c1-4-5-14-12-15-6-9(18(20)21)11(16-12)17(8(2)3)7-10(13)19/h6,8H,4-5,7H2,1-3H3,(H2,13,19)(H,14,15,16). The van der Waals surface area contributed by atoms with Crippen LogP contribution in [0.2, 0.25) is 0 Å². The van der Waals surface area contributed by atoms with Crippen molar-refractivity contribution in [2.24, 2.45) is 5.73 Å². The molecular formula is C12H20N6O3. The van der Waals surface area contributed by atoms with Crippen molar-refractivity contribution in [1.29, 1.82) is 0 Å². The molecule has 0 aliphatic rings. The zero-order valence-electron chi connectivity index (χ0n) is 12.4. The van der Waals surface area contributed by atoms with E-state index in [1.807, 2.05) is 6.92 Å². The number of rotatable bonds is 8. The number of anilines is 2. The van der Waals surface area contributed by atoms with Gasteiger partial charge in [0.2, 0.25) is 17.7 Å². The van der Waals surface area contributed by atoms with Crippen molar-refractivity contribution in [1.82, 2.24) is 9.97 Å². The van der Waals surface area contributed by atoms with Crippen LogP contribution in [0, 0.1) is 10.1 Å². The van der Waals surface area contributed by atoms with Gasteiger partial charge in [-0.1, -0.05) is 6.92 Å². The predicted octanol–water partition coefficient (Wildman–Crippen LogP) is 0.907. The van der Waals surface area contributed by atoms with Gasteiger partial charge < -0.3 is 16.0 Å². The minimum Gasteiger partial charge on any atom is -0.368 e. The third-order valence-electron chi connectivity index (χ3n) is 2.70. The van der Waals surface area contributed by atoms with Crippen LogP contribution in [0.4, 0.5) is 17.5 Å². The van der Waals surface area contributed by atoms with Crippen LogP contribution in [0.3, 0.4) is 0 Å². The first-order valence-electron chi connectivity index (χ1n) is 6.67. The summed E-state index contributed by atoms with van der Waals surface area (Å²) in [6.07, 6.45) is 2.00. The summed E-state index contributed by atoms with van der Waals surface area (Å²) in [5, 5.41) is 14.1. The van der Waals surface area contributed by atoms with E-state index >= 15 is 0 Å². The van der Waals surface area contributed by atoms with Gasteiger partial charge >= 0.3 is 5.69 Å². The van der Waals surface area contributed by atoms with E-state index in [4.69, 9.17) is 5.73 Å². The molecule has 116 valence electrons. The van der Waals surface area contributed by atoms with Gasteiger partial charge in [-0.25, -0.2) is 4.98 Å². The number of nitrogens with two attached hydrogens (primary N) is 1. The Morgan fingerprint density at radius 1 is 1.57 bits per heavy atom. The Bertz CT molecular complexity index is 520. The Morgan fingerprint density at radius 3 is 2.71 bits per heavy atom. The van der Waals surface area contributed by atoms with Gasteiger partial charge in [0.05, 0.1) is 11.5 Å². The van der Waals surface area contributed by atoms with Gasteiger partial charge in [0.25, 0.3) is 0 Å². The van der Waals surface area contributed by atoms with Crippen molar-refractivity contribution in [3.05, 3.63) is 16.3 Å². The summed E-state index contributed by atoms with van der Waals surface area (Å²) in [5.74, 6) is -0.213. The molecule has 3 N–H and O–H groups in total. The van der Waals surface area contributed by atoms with E-state index in [0.717, 1.165) is 12.6 Å². The van der Waals surface area contributed by atoms with Crippen LogP contribution < -0.4 is 16.0 Å². The van der Waals surface area contributed by atoms with Gasteiger partial charge in [0.15, 0.2) is 0 Å². The molecule has 1 amide bonds. The maximum Gasteiger partial charge on any atom is 0.329 e. The van der Waals surface area contributed by atoms with Crippen molar-refractivity contribution in [2.75, 3.05) is 23.3 Å². The van der Waals surface area contributed by atoms with Gasteiger partial charge in [0.1, 0.15) is 6.20 Å². The number of aromatic nitrogens is 2. The zero-order chi connectivity index (χ0) is 16.0. The molecule has 0 bridgehead atoms. The van der Waals surface area contributed by atoms with Gasteiger partial charge in [0, 0.05) is 12.6 Å². The summed E-state index contributed by atoms with van der Waals surface area (Å²) in [6.45, 7) is 6.08. The molecule has 0 fully saturated rings. The average Bonchev–Trinajstić information content (AvgIpc) is 2.41. The molecule has 9 nitrogen and oxygen atoms in total. The maximum absolute atomic E-state index is 11.2. The molecule has 21 heavy (non-hydrogen) atoms. The van der Waals surface area contributed by atoms with E-state index in [0.29, 0.717) is 6.54 Å². The molecule has 0 aliphatic heterocycles. The van der Waals surface area contributed by atoms with Crippen molar-refractivity contribution in [3.63, 3.8) is 0 Å². The SMILES string of the molecule is CCCNc1ncc([N+](=O)[O-])c(N(CC(N)=O)C(C)C)n1. The highest BCUT2D eigenvalue weighted by molar-refractivity contribution is 5.80. The van der Waals surface area contributed by atoms with Crippen molar-refractivity contribution >= 4 is 23.4 Å². The third-order valence-corrected chi connectivity index (χ3v) is 2.70. The van der Waals surface area contributed by atoms with Crippen LogP contribution in [0.15, 0.2) is 6.20 Å². The fourth-order valence-corrected chi connectivity index (χ4v) is 1.70. The summed E-state index contributed by atoms with van der Waals surface area (Å²) >= 11 is 0.